The molecule has 0 unspecified atom stereocenters. The Balaban J connectivity index is 1.51. The Bertz CT molecular complexity index is 794. The van der Waals surface area contributed by atoms with Crippen LogP contribution in [-0.4, -0.2) is 54.2 Å². The van der Waals surface area contributed by atoms with Gasteiger partial charge < -0.3 is 10.2 Å². The van der Waals surface area contributed by atoms with Gasteiger partial charge in [0.2, 0.25) is 0 Å². The van der Waals surface area contributed by atoms with E-state index in [1.54, 1.807) is 6.20 Å². The van der Waals surface area contributed by atoms with Gasteiger partial charge in [0.1, 0.15) is 5.82 Å². The van der Waals surface area contributed by atoms with Crippen molar-refractivity contribution >= 4 is 23.2 Å². The first kappa shape index (κ1) is 17.8. The maximum atomic E-state index is 13.0. The predicted octanol–water partition coefficient (Wildman–Crippen LogP) is 3.23. The van der Waals surface area contributed by atoms with Gasteiger partial charge in [-0.1, -0.05) is 18.2 Å². The minimum Gasteiger partial charge on any atom is -0.334 e. The van der Waals surface area contributed by atoms with Crippen molar-refractivity contribution in [3.63, 3.8) is 0 Å². The predicted molar refractivity (Wildman–Crippen MR) is 109 cm³/mol. The molecule has 1 fully saturated rings. The summed E-state index contributed by atoms with van der Waals surface area (Å²) < 4.78 is 0. The molecule has 2 amide bonds. The fourth-order valence-corrected chi connectivity index (χ4v) is 3.95. The Labute approximate surface area is 160 Å². The normalized spacial score (nSPS) is 20.0. The first-order valence-corrected chi connectivity index (χ1v) is 9.73. The summed E-state index contributed by atoms with van der Waals surface area (Å²) in [6.45, 7) is 7.75. The van der Waals surface area contributed by atoms with E-state index in [0.717, 1.165) is 43.2 Å². The molecule has 2 aliphatic rings. The fourth-order valence-electron chi connectivity index (χ4n) is 3.95. The number of carbonyl (C=O) groups excluding carboxylic acids is 1. The van der Waals surface area contributed by atoms with Crippen LogP contribution in [0.5, 0.6) is 0 Å². The summed E-state index contributed by atoms with van der Waals surface area (Å²) >= 11 is 0. The maximum absolute atomic E-state index is 13.0. The van der Waals surface area contributed by atoms with Gasteiger partial charge >= 0.3 is 6.03 Å². The Hall–Kier alpha value is -2.60. The number of hydrogen-bond acceptors (Lipinski definition) is 4. The average Bonchev–Trinajstić information content (AvgIpc) is 3.16. The summed E-state index contributed by atoms with van der Waals surface area (Å²) in [7, 11) is 0. The molecule has 6 heteroatoms. The van der Waals surface area contributed by atoms with Gasteiger partial charge in [0, 0.05) is 44.5 Å². The van der Waals surface area contributed by atoms with Crippen molar-refractivity contribution in [2.45, 2.75) is 32.4 Å². The van der Waals surface area contributed by atoms with E-state index in [4.69, 9.17) is 0 Å². The summed E-state index contributed by atoms with van der Waals surface area (Å²) in [5.74, 6) is 0.911. The molecule has 0 aliphatic carbocycles. The molecular weight excluding hydrogens is 338 g/mol. The number of aromatic nitrogens is 1. The zero-order valence-corrected chi connectivity index (χ0v) is 16.0. The quantitative estimate of drug-likeness (QED) is 0.907. The monoisotopic (exact) mass is 365 g/mol. The molecule has 4 rings (SSSR count). The molecule has 0 spiro atoms. The summed E-state index contributed by atoms with van der Waals surface area (Å²) in [6.07, 6.45) is 2.82. The zero-order valence-electron chi connectivity index (χ0n) is 16.0. The second kappa shape index (κ2) is 7.56. The Kier molecular flexibility index (Phi) is 4.99. The van der Waals surface area contributed by atoms with E-state index >= 15 is 0 Å². The second-order valence-corrected chi connectivity index (χ2v) is 7.50. The summed E-state index contributed by atoms with van der Waals surface area (Å²) in [4.78, 5) is 23.9. The highest BCUT2D eigenvalue weighted by Gasteiger charge is 2.31. The smallest absolute Gasteiger partial charge is 0.322 e. The molecule has 27 heavy (non-hydrogen) atoms. The van der Waals surface area contributed by atoms with E-state index in [2.05, 4.69) is 40.0 Å². The molecule has 0 bridgehead atoms. The molecule has 2 aromatic rings. The van der Waals surface area contributed by atoms with Crippen molar-refractivity contribution in [3.8, 4) is 0 Å². The molecule has 0 radical (unpaired) electrons. The van der Waals surface area contributed by atoms with Crippen molar-refractivity contribution in [2.24, 2.45) is 0 Å². The summed E-state index contributed by atoms with van der Waals surface area (Å²) in [5, 5.41) is 3.24. The number of urea groups is 1. The van der Waals surface area contributed by atoms with Crippen LogP contribution in [-0.2, 0) is 0 Å². The number of benzene rings is 1. The molecule has 1 aromatic heterocycles. The Morgan fingerprint density at radius 3 is 2.56 bits per heavy atom. The summed E-state index contributed by atoms with van der Waals surface area (Å²) in [5.41, 5.74) is 1.96. The van der Waals surface area contributed by atoms with Crippen LogP contribution in [0.3, 0.4) is 0 Å². The van der Waals surface area contributed by atoms with Gasteiger partial charge in [-0.05, 0) is 44.5 Å². The Morgan fingerprint density at radius 2 is 1.85 bits per heavy atom. The lowest BCUT2D eigenvalue weighted by Crippen LogP contribution is -2.50. The standard InChI is InChI=1S/C21H27N5O/c1-16(2)24-12-10-17(15-24)23-21(27)26-14-13-25(20-9-5-6-11-22-20)18-7-3-4-8-19(18)26/h3-9,11,16-17H,10,12-15H2,1-2H3,(H,23,27)/t17-/m0/s1. The molecule has 1 aromatic carbocycles. The number of fused-ring (bicyclic) bond motifs is 1. The SMILES string of the molecule is CC(C)N1CC[C@H](NC(=O)N2CCN(c3ccccn3)c3ccccc32)C1. The van der Waals surface area contributed by atoms with Crippen molar-refractivity contribution in [2.75, 3.05) is 36.0 Å². The lowest BCUT2D eigenvalue weighted by Gasteiger charge is -2.37. The number of hydrogen-bond donors (Lipinski definition) is 1. The van der Waals surface area contributed by atoms with Crippen molar-refractivity contribution < 1.29 is 4.79 Å². The van der Waals surface area contributed by atoms with Crippen LogP contribution in [0.25, 0.3) is 0 Å². The molecule has 3 heterocycles. The molecule has 2 aliphatic heterocycles. The molecule has 1 N–H and O–H groups in total. The van der Waals surface area contributed by atoms with Gasteiger partial charge in [0.15, 0.2) is 0 Å². The molecule has 0 saturated carbocycles. The number of amides is 2. The highest BCUT2D eigenvalue weighted by molar-refractivity contribution is 5.97. The molecule has 6 nitrogen and oxygen atoms in total. The van der Waals surface area contributed by atoms with Crippen LogP contribution in [0.4, 0.5) is 22.0 Å². The zero-order chi connectivity index (χ0) is 18.8. The first-order chi connectivity index (χ1) is 13.1. The molecular formula is C21H27N5O. The highest BCUT2D eigenvalue weighted by atomic mass is 16.2. The van der Waals surface area contributed by atoms with Crippen LogP contribution in [0.15, 0.2) is 48.7 Å². The lowest BCUT2D eigenvalue weighted by atomic mass is 10.1. The maximum Gasteiger partial charge on any atom is 0.322 e. The first-order valence-electron chi connectivity index (χ1n) is 9.73. The van der Waals surface area contributed by atoms with Gasteiger partial charge in [-0.15, -0.1) is 0 Å². The Morgan fingerprint density at radius 1 is 1.07 bits per heavy atom. The fraction of sp³-hybridized carbons (Fsp3) is 0.429. The van der Waals surface area contributed by atoms with Gasteiger partial charge in [0.05, 0.1) is 11.4 Å². The van der Waals surface area contributed by atoms with Gasteiger partial charge in [-0.2, -0.15) is 0 Å². The van der Waals surface area contributed by atoms with Crippen molar-refractivity contribution in [1.82, 2.24) is 15.2 Å². The van der Waals surface area contributed by atoms with Crippen molar-refractivity contribution in [1.29, 1.82) is 0 Å². The minimum atomic E-state index is -0.00118. The van der Waals surface area contributed by atoms with Crippen LogP contribution >= 0.6 is 0 Å². The number of para-hydroxylation sites is 2. The van der Waals surface area contributed by atoms with Gasteiger partial charge in [-0.3, -0.25) is 9.80 Å². The van der Waals surface area contributed by atoms with Gasteiger partial charge in [-0.25, -0.2) is 9.78 Å². The topological polar surface area (TPSA) is 51.7 Å². The lowest BCUT2D eigenvalue weighted by molar-refractivity contribution is 0.238. The third kappa shape index (κ3) is 3.62. The highest BCUT2D eigenvalue weighted by Crippen LogP contribution is 2.36. The van der Waals surface area contributed by atoms with E-state index < -0.39 is 0 Å². The third-order valence-corrected chi connectivity index (χ3v) is 5.46. The van der Waals surface area contributed by atoms with E-state index in [0.29, 0.717) is 12.6 Å². The number of pyridine rings is 1. The van der Waals surface area contributed by atoms with E-state index in [9.17, 15) is 4.79 Å². The average molecular weight is 365 g/mol. The number of carbonyl (C=O) groups is 1. The van der Waals surface area contributed by atoms with Crippen LogP contribution in [0.1, 0.15) is 20.3 Å². The second-order valence-electron chi connectivity index (χ2n) is 7.50. The largest absolute Gasteiger partial charge is 0.334 e. The van der Waals surface area contributed by atoms with Gasteiger partial charge in [0.25, 0.3) is 0 Å². The number of nitrogens with one attached hydrogen (secondary N) is 1. The van der Waals surface area contributed by atoms with E-state index in [1.807, 2.05) is 41.3 Å². The van der Waals surface area contributed by atoms with Crippen LogP contribution in [0.2, 0.25) is 0 Å². The van der Waals surface area contributed by atoms with Crippen LogP contribution < -0.4 is 15.1 Å². The number of anilines is 3. The van der Waals surface area contributed by atoms with E-state index in [-0.39, 0.29) is 12.1 Å². The molecule has 1 saturated heterocycles. The third-order valence-electron chi connectivity index (χ3n) is 5.46. The summed E-state index contributed by atoms with van der Waals surface area (Å²) in [6, 6.07) is 14.7. The molecule has 1 atom stereocenters. The molecule has 142 valence electrons. The van der Waals surface area contributed by atoms with E-state index in [1.165, 1.54) is 0 Å². The minimum absolute atomic E-state index is 0.00118. The number of nitrogens with zero attached hydrogens (tertiary/aromatic N) is 4. The number of likely N-dealkylation sites (tertiary alicyclic amines) is 1. The van der Waals surface area contributed by atoms with Crippen LogP contribution in [0, 0.1) is 0 Å². The number of rotatable bonds is 3. The van der Waals surface area contributed by atoms with Crippen molar-refractivity contribution in [3.05, 3.63) is 48.7 Å².